The number of anilines is 1. The van der Waals surface area contributed by atoms with Crippen molar-refractivity contribution in [2.75, 3.05) is 37.1 Å². The Morgan fingerprint density at radius 3 is 2.59 bits per heavy atom. The number of morpholine rings is 1. The quantitative estimate of drug-likeness (QED) is 0.665. The second kappa shape index (κ2) is 8.45. The summed E-state index contributed by atoms with van der Waals surface area (Å²) in [5.74, 6) is 0.600. The van der Waals surface area contributed by atoms with E-state index in [0.29, 0.717) is 50.0 Å². The molecule has 2 aromatic heterocycles. The zero-order chi connectivity index (χ0) is 19.6. The molecule has 2 aromatic rings. The second-order valence-corrected chi connectivity index (χ2v) is 7.06. The van der Waals surface area contributed by atoms with Crippen molar-refractivity contribution in [3.8, 4) is 0 Å². The third-order valence-electron chi connectivity index (χ3n) is 4.81. The van der Waals surface area contributed by atoms with Crippen molar-refractivity contribution in [1.29, 1.82) is 0 Å². The maximum atomic E-state index is 12.9. The zero-order valence-corrected chi connectivity index (χ0v) is 16.5. The predicted molar refractivity (Wildman–Crippen MR) is 104 cm³/mol. The molecular weight excluding hydrogens is 374 g/mol. The molecule has 1 aliphatic rings. The SMILES string of the molecule is CCCCn1c(=O)n(C)c(=O)c2c1nc(N1CCOCC1)n2CC(O)CCl. The first-order valence-corrected chi connectivity index (χ1v) is 9.79. The predicted octanol–water partition coefficient (Wildman–Crippen LogP) is 0.133. The first-order valence-electron chi connectivity index (χ1n) is 9.26. The molecule has 0 amide bonds. The lowest BCUT2D eigenvalue weighted by Gasteiger charge is -2.28. The van der Waals surface area contributed by atoms with Gasteiger partial charge in [-0.3, -0.25) is 13.9 Å². The highest BCUT2D eigenvalue weighted by atomic mass is 35.5. The summed E-state index contributed by atoms with van der Waals surface area (Å²) < 4.78 is 9.75. The Balaban J connectivity index is 2.26. The fraction of sp³-hybridized carbons (Fsp3) is 0.706. The van der Waals surface area contributed by atoms with Gasteiger partial charge in [0.1, 0.15) is 0 Å². The normalized spacial score (nSPS) is 16.2. The third kappa shape index (κ3) is 3.76. The summed E-state index contributed by atoms with van der Waals surface area (Å²) >= 11 is 5.80. The fourth-order valence-electron chi connectivity index (χ4n) is 3.30. The van der Waals surface area contributed by atoms with Crippen molar-refractivity contribution < 1.29 is 9.84 Å². The number of aryl methyl sites for hydroxylation is 1. The monoisotopic (exact) mass is 399 g/mol. The number of rotatable bonds is 7. The molecule has 3 rings (SSSR count). The molecule has 1 saturated heterocycles. The van der Waals surface area contributed by atoms with E-state index in [1.165, 1.54) is 7.05 Å². The van der Waals surface area contributed by atoms with Crippen LogP contribution in [0.2, 0.25) is 0 Å². The van der Waals surface area contributed by atoms with Crippen molar-refractivity contribution in [2.24, 2.45) is 7.05 Å². The average molecular weight is 400 g/mol. The Morgan fingerprint density at radius 1 is 1.26 bits per heavy atom. The largest absolute Gasteiger partial charge is 0.390 e. The van der Waals surface area contributed by atoms with Crippen molar-refractivity contribution in [2.45, 2.75) is 39.0 Å². The number of hydrogen-bond donors (Lipinski definition) is 1. The average Bonchev–Trinajstić information content (AvgIpc) is 3.05. The number of ether oxygens (including phenoxy) is 1. The van der Waals surface area contributed by atoms with Gasteiger partial charge in [0.15, 0.2) is 11.2 Å². The molecule has 27 heavy (non-hydrogen) atoms. The van der Waals surface area contributed by atoms with E-state index in [1.807, 2.05) is 11.8 Å². The van der Waals surface area contributed by atoms with Crippen LogP contribution in [0.1, 0.15) is 19.8 Å². The van der Waals surface area contributed by atoms with Gasteiger partial charge >= 0.3 is 5.69 Å². The Morgan fingerprint density at radius 2 is 1.96 bits per heavy atom. The van der Waals surface area contributed by atoms with Gasteiger partial charge in [-0.2, -0.15) is 4.98 Å². The Labute approximate surface area is 161 Å². The minimum atomic E-state index is -0.829. The summed E-state index contributed by atoms with van der Waals surface area (Å²) in [6.07, 6.45) is 0.889. The van der Waals surface area contributed by atoms with Crippen molar-refractivity contribution >= 4 is 28.7 Å². The number of fused-ring (bicyclic) bond motifs is 1. The maximum Gasteiger partial charge on any atom is 0.332 e. The lowest BCUT2D eigenvalue weighted by atomic mass is 10.3. The molecule has 10 heteroatoms. The smallest absolute Gasteiger partial charge is 0.332 e. The van der Waals surface area contributed by atoms with Gasteiger partial charge in [0, 0.05) is 26.7 Å². The Hall–Kier alpha value is -1.84. The summed E-state index contributed by atoms with van der Waals surface area (Å²) in [5.41, 5.74) is -0.118. The molecular formula is C17H26ClN5O4. The Bertz CT molecular complexity index is 913. The van der Waals surface area contributed by atoms with Gasteiger partial charge in [0.05, 0.1) is 31.7 Å². The third-order valence-corrected chi connectivity index (χ3v) is 5.17. The molecule has 3 heterocycles. The molecule has 1 fully saturated rings. The minimum absolute atomic E-state index is 0.0397. The van der Waals surface area contributed by atoms with Crippen LogP contribution in [0.25, 0.3) is 11.2 Å². The molecule has 0 saturated carbocycles. The maximum absolute atomic E-state index is 12.9. The van der Waals surface area contributed by atoms with E-state index in [0.717, 1.165) is 17.4 Å². The summed E-state index contributed by atoms with van der Waals surface area (Å²) in [6, 6.07) is 0. The van der Waals surface area contributed by atoms with Gasteiger partial charge in [-0.25, -0.2) is 4.79 Å². The van der Waals surface area contributed by atoms with E-state index >= 15 is 0 Å². The fourth-order valence-corrected chi connectivity index (χ4v) is 3.40. The van der Waals surface area contributed by atoms with Crippen LogP contribution in [-0.4, -0.2) is 62.1 Å². The number of hydrogen-bond acceptors (Lipinski definition) is 6. The van der Waals surface area contributed by atoms with E-state index in [1.54, 1.807) is 9.13 Å². The van der Waals surface area contributed by atoms with Crippen LogP contribution < -0.4 is 16.1 Å². The van der Waals surface area contributed by atoms with Gasteiger partial charge in [0.2, 0.25) is 5.95 Å². The highest BCUT2D eigenvalue weighted by molar-refractivity contribution is 6.18. The molecule has 1 N–H and O–H groups in total. The topological polar surface area (TPSA) is 94.5 Å². The molecule has 150 valence electrons. The summed E-state index contributed by atoms with van der Waals surface area (Å²) in [7, 11) is 1.47. The van der Waals surface area contributed by atoms with Gasteiger partial charge in [0.25, 0.3) is 5.56 Å². The van der Waals surface area contributed by atoms with Gasteiger partial charge in [-0.15, -0.1) is 11.6 Å². The first kappa shape index (κ1) is 19.9. The van der Waals surface area contributed by atoms with Gasteiger partial charge in [-0.1, -0.05) is 13.3 Å². The molecule has 0 bridgehead atoms. The molecule has 0 radical (unpaired) electrons. The molecule has 9 nitrogen and oxygen atoms in total. The van der Waals surface area contributed by atoms with Crippen molar-refractivity contribution in [3.63, 3.8) is 0 Å². The molecule has 0 aromatic carbocycles. The number of aliphatic hydroxyl groups excluding tert-OH is 1. The molecule has 1 aliphatic heterocycles. The number of alkyl halides is 1. The number of imidazole rings is 1. The Kier molecular flexibility index (Phi) is 6.23. The lowest BCUT2D eigenvalue weighted by molar-refractivity contribution is 0.121. The number of aromatic nitrogens is 4. The molecule has 0 spiro atoms. The van der Waals surface area contributed by atoms with Crippen LogP contribution in [-0.2, 0) is 24.9 Å². The molecule has 1 unspecified atom stereocenters. The summed E-state index contributed by atoms with van der Waals surface area (Å²) in [5, 5.41) is 10.1. The van der Waals surface area contributed by atoms with E-state index in [-0.39, 0.29) is 18.1 Å². The van der Waals surface area contributed by atoms with Crippen LogP contribution in [0.4, 0.5) is 5.95 Å². The first-order chi connectivity index (χ1) is 13.0. The van der Waals surface area contributed by atoms with E-state index < -0.39 is 11.7 Å². The van der Waals surface area contributed by atoms with Crippen molar-refractivity contribution in [3.05, 3.63) is 20.8 Å². The van der Waals surface area contributed by atoms with Crippen molar-refractivity contribution in [1.82, 2.24) is 18.7 Å². The summed E-state index contributed by atoms with van der Waals surface area (Å²) in [6.45, 7) is 5.02. The lowest BCUT2D eigenvalue weighted by Crippen LogP contribution is -2.40. The molecule has 0 aliphatic carbocycles. The number of aliphatic hydroxyl groups is 1. The molecule has 1 atom stereocenters. The minimum Gasteiger partial charge on any atom is -0.390 e. The summed E-state index contributed by atoms with van der Waals surface area (Å²) in [4.78, 5) is 32.2. The van der Waals surface area contributed by atoms with E-state index in [9.17, 15) is 14.7 Å². The van der Waals surface area contributed by atoms with Crippen LogP contribution in [0.3, 0.4) is 0 Å². The van der Waals surface area contributed by atoms with Gasteiger partial charge < -0.3 is 19.3 Å². The van der Waals surface area contributed by atoms with Crippen LogP contribution in [0, 0.1) is 0 Å². The van der Waals surface area contributed by atoms with Crippen LogP contribution in [0.15, 0.2) is 9.59 Å². The van der Waals surface area contributed by atoms with Crippen LogP contribution in [0.5, 0.6) is 0 Å². The number of halogens is 1. The highest BCUT2D eigenvalue weighted by Gasteiger charge is 2.25. The zero-order valence-electron chi connectivity index (χ0n) is 15.7. The van der Waals surface area contributed by atoms with E-state index in [2.05, 4.69) is 4.98 Å². The number of nitrogens with zero attached hydrogens (tertiary/aromatic N) is 5. The standard InChI is InChI=1S/C17H26ClN5O4/c1-3-4-5-22-14-13(15(25)20(2)17(22)26)23(11-12(24)10-18)16(19-14)21-6-8-27-9-7-21/h12,24H,3-11H2,1-2H3. The number of unbranched alkanes of at least 4 members (excludes halogenated alkanes) is 1. The van der Waals surface area contributed by atoms with E-state index in [4.69, 9.17) is 16.3 Å². The second-order valence-electron chi connectivity index (χ2n) is 6.75. The highest BCUT2D eigenvalue weighted by Crippen LogP contribution is 2.22. The van der Waals surface area contributed by atoms with Crippen LogP contribution >= 0.6 is 11.6 Å². The van der Waals surface area contributed by atoms with Gasteiger partial charge in [-0.05, 0) is 6.42 Å².